The second-order valence-electron chi connectivity index (χ2n) is 7.14. The molecule has 3 aromatic rings. The van der Waals surface area contributed by atoms with Crippen LogP contribution >= 0.6 is 11.3 Å². The van der Waals surface area contributed by atoms with Crippen LogP contribution in [0.2, 0.25) is 0 Å². The molecule has 0 saturated carbocycles. The molecule has 1 unspecified atom stereocenters. The van der Waals surface area contributed by atoms with Gasteiger partial charge in [-0.15, -0.1) is 11.3 Å². The first-order chi connectivity index (χ1) is 15.3. The summed E-state index contributed by atoms with van der Waals surface area (Å²) in [5, 5.41) is 11.0. The molecule has 0 aliphatic heterocycles. The molecule has 3 rings (SSSR count). The highest BCUT2D eigenvalue weighted by Crippen LogP contribution is 2.35. The predicted octanol–water partition coefficient (Wildman–Crippen LogP) is 3.36. The lowest BCUT2D eigenvalue weighted by atomic mass is 10.2. The first-order valence-corrected chi connectivity index (χ1v) is 12.6. The molecule has 0 aliphatic rings. The van der Waals surface area contributed by atoms with Gasteiger partial charge in [-0.25, -0.2) is 13.4 Å². The van der Waals surface area contributed by atoms with Crippen molar-refractivity contribution in [1.29, 1.82) is 0 Å². The minimum atomic E-state index is -3.59. The van der Waals surface area contributed by atoms with E-state index in [4.69, 9.17) is 9.47 Å². The summed E-state index contributed by atoms with van der Waals surface area (Å²) in [6, 6.07) is 17.6. The Hall–Kier alpha value is -2.50. The number of sulfonamides is 1. The fraction of sp³-hybridized carbons (Fsp3) is 0.318. The Balaban J connectivity index is 1.91. The monoisotopic (exact) mass is 477 g/mol. The van der Waals surface area contributed by atoms with Gasteiger partial charge in [-0.3, -0.25) is 0 Å². The lowest BCUT2D eigenvalue weighted by Gasteiger charge is -2.22. The van der Waals surface area contributed by atoms with Gasteiger partial charge in [0, 0.05) is 17.7 Å². The Morgan fingerprint density at radius 1 is 1.12 bits per heavy atom. The average Bonchev–Trinajstić information content (AvgIpc) is 3.14. The number of methoxy groups -OCH3 is 1. The predicted molar refractivity (Wildman–Crippen MR) is 126 cm³/mol. The molecule has 2 N–H and O–H groups in total. The molecule has 0 bridgehead atoms. The summed E-state index contributed by atoms with van der Waals surface area (Å²) in [5.74, 6) is 0.731. The molecular weight excluding hydrogens is 450 g/mol. The lowest BCUT2D eigenvalue weighted by molar-refractivity contribution is 0.146. The van der Waals surface area contributed by atoms with E-state index in [1.165, 1.54) is 11.3 Å². The summed E-state index contributed by atoms with van der Waals surface area (Å²) in [5.41, 5.74) is 2.25. The summed E-state index contributed by atoms with van der Waals surface area (Å²) in [6.07, 6.45) is -0.415. The lowest BCUT2D eigenvalue weighted by Crippen LogP contribution is -2.27. The van der Waals surface area contributed by atoms with Gasteiger partial charge in [-0.05, 0) is 36.8 Å². The van der Waals surface area contributed by atoms with Gasteiger partial charge in [0.1, 0.15) is 18.1 Å². The number of nitrogens with zero attached hydrogens (tertiary/aromatic N) is 2. The number of aromatic nitrogens is 1. The van der Waals surface area contributed by atoms with Crippen molar-refractivity contribution in [2.24, 2.45) is 0 Å². The molecule has 10 heteroatoms. The van der Waals surface area contributed by atoms with E-state index >= 15 is 0 Å². The average molecular weight is 478 g/mol. The maximum atomic E-state index is 11.5. The van der Waals surface area contributed by atoms with Crippen LogP contribution in [0, 0.1) is 6.92 Å². The van der Waals surface area contributed by atoms with Crippen molar-refractivity contribution in [2.75, 3.05) is 31.5 Å². The molecule has 1 atom stereocenters. The molecule has 0 aliphatic carbocycles. The summed E-state index contributed by atoms with van der Waals surface area (Å²) in [7, 11) is -1.96. The van der Waals surface area contributed by atoms with Gasteiger partial charge in [0.15, 0.2) is 11.4 Å². The largest absolute Gasteiger partial charge is 0.491 e. The molecule has 0 radical (unpaired) electrons. The number of aryl methyl sites for hydroxylation is 1. The molecule has 0 saturated heterocycles. The normalized spacial score (nSPS) is 12.5. The number of nitrogens with one attached hydrogen (secondary N) is 1. The highest BCUT2D eigenvalue weighted by Gasteiger charge is 2.22. The molecule has 0 fully saturated rings. The minimum Gasteiger partial charge on any atom is -0.491 e. The van der Waals surface area contributed by atoms with Crippen LogP contribution in [-0.2, 0) is 21.3 Å². The highest BCUT2D eigenvalue weighted by atomic mass is 32.2. The van der Waals surface area contributed by atoms with E-state index in [1.54, 1.807) is 14.0 Å². The molecule has 1 aromatic heterocycles. The standard InChI is InChI=1S/C22H27N3O5S2/c1-16-20(21(26)24-32(3,27)28)23-22(31-16)25(15-17-7-5-4-6-8-17)18-9-11-19(12-10-18)30-14-13-29-2/h4-12,21,24,26H,13-15H2,1-3H3. The number of aliphatic hydroxyl groups excluding tert-OH is 1. The molecule has 1 heterocycles. The number of hydrogen-bond donors (Lipinski definition) is 2. The van der Waals surface area contributed by atoms with Crippen LogP contribution in [-0.4, -0.2) is 45.1 Å². The molecule has 172 valence electrons. The van der Waals surface area contributed by atoms with Crippen LogP contribution in [0.1, 0.15) is 22.4 Å². The van der Waals surface area contributed by atoms with Crippen molar-refractivity contribution in [3.63, 3.8) is 0 Å². The van der Waals surface area contributed by atoms with Crippen LogP contribution in [0.3, 0.4) is 0 Å². The van der Waals surface area contributed by atoms with Crippen LogP contribution in [0.5, 0.6) is 5.75 Å². The highest BCUT2D eigenvalue weighted by molar-refractivity contribution is 7.88. The fourth-order valence-electron chi connectivity index (χ4n) is 3.02. The zero-order chi connectivity index (χ0) is 23.1. The van der Waals surface area contributed by atoms with E-state index in [0.29, 0.717) is 24.9 Å². The van der Waals surface area contributed by atoms with E-state index in [0.717, 1.165) is 28.1 Å². The van der Waals surface area contributed by atoms with Gasteiger partial charge in [-0.1, -0.05) is 30.3 Å². The molecular formula is C22H27N3O5S2. The Morgan fingerprint density at radius 3 is 2.44 bits per heavy atom. The third-order valence-corrected chi connectivity index (χ3v) is 6.19. The fourth-order valence-corrected chi connectivity index (χ4v) is 4.50. The summed E-state index contributed by atoms with van der Waals surface area (Å²) in [4.78, 5) is 7.31. The maximum absolute atomic E-state index is 11.5. The Labute approximate surface area is 192 Å². The molecule has 0 spiro atoms. The van der Waals surface area contributed by atoms with E-state index in [2.05, 4.69) is 9.71 Å². The SMILES string of the molecule is COCCOc1ccc(N(Cc2ccccc2)c2nc(C(O)NS(C)(=O)=O)c(C)s2)cc1. The quantitative estimate of drug-likeness (QED) is 0.323. The third-order valence-electron chi connectivity index (χ3n) is 4.52. The van der Waals surface area contributed by atoms with Gasteiger partial charge >= 0.3 is 0 Å². The van der Waals surface area contributed by atoms with Crippen molar-refractivity contribution in [3.8, 4) is 5.75 Å². The minimum absolute atomic E-state index is 0.285. The second-order valence-corrected chi connectivity index (χ2v) is 10.1. The van der Waals surface area contributed by atoms with Crippen LogP contribution in [0.15, 0.2) is 54.6 Å². The van der Waals surface area contributed by atoms with Crippen molar-refractivity contribution in [1.82, 2.24) is 9.71 Å². The van der Waals surface area contributed by atoms with E-state index < -0.39 is 16.3 Å². The van der Waals surface area contributed by atoms with Gasteiger partial charge in [0.2, 0.25) is 10.0 Å². The van der Waals surface area contributed by atoms with Crippen molar-refractivity contribution in [2.45, 2.75) is 19.7 Å². The number of aliphatic hydroxyl groups is 1. The zero-order valence-corrected chi connectivity index (χ0v) is 19.8. The molecule has 32 heavy (non-hydrogen) atoms. The second kappa shape index (κ2) is 10.9. The van der Waals surface area contributed by atoms with E-state index in [-0.39, 0.29) is 5.69 Å². The summed E-state index contributed by atoms with van der Waals surface area (Å²) >= 11 is 1.38. The number of thiazole rings is 1. The van der Waals surface area contributed by atoms with Crippen LogP contribution in [0.4, 0.5) is 10.8 Å². The first-order valence-electron chi connectivity index (χ1n) is 9.93. The van der Waals surface area contributed by atoms with Crippen LogP contribution < -0.4 is 14.4 Å². The van der Waals surface area contributed by atoms with Gasteiger partial charge in [0.05, 0.1) is 19.4 Å². The topological polar surface area (TPSA) is 101 Å². The molecule has 0 amide bonds. The Kier molecular flexibility index (Phi) is 8.21. The van der Waals surface area contributed by atoms with Gasteiger partial charge in [0.25, 0.3) is 0 Å². The smallest absolute Gasteiger partial charge is 0.211 e. The van der Waals surface area contributed by atoms with Crippen molar-refractivity contribution < 1.29 is 23.0 Å². The third kappa shape index (κ3) is 6.75. The summed E-state index contributed by atoms with van der Waals surface area (Å²) in [6.45, 7) is 3.32. The van der Waals surface area contributed by atoms with E-state index in [1.807, 2.05) is 59.5 Å². The van der Waals surface area contributed by atoms with Gasteiger partial charge < -0.3 is 19.5 Å². The number of ether oxygens (including phenoxy) is 2. The number of anilines is 2. The maximum Gasteiger partial charge on any atom is 0.211 e. The van der Waals surface area contributed by atoms with Crippen molar-refractivity contribution >= 4 is 32.2 Å². The number of hydrogen-bond acceptors (Lipinski definition) is 8. The summed E-state index contributed by atoms with van der Waals surface area (Å²) < 4.78 is 35.9. The Bertz CT molecular complexity index is 1100. The van der Waals surface area contributed by atoms with Crippen LogP contribution in [0.25, 0.3) is 0 Å². The zero-order valence-electron chi connectivity index (χ0n) is 18.2. The molecule has 2 aromatic carbocycles. The number of benzene rings is 2. The first kappa shape index (κ1) is 24.1. The van der Waals surface area contributed by atoms with Crippen molar-refractivity contribution in [3.05, 3.63) is 70.7 Å². The number of rotatable bonds is 11. The van der Waals surface area contributed by atoms with E-state index in [9.17, 15) is 13.5 Å². The Morgan fingerprint density at radius 2 is 1.81 bits per heavy atom. The van der Waals surface area contributed by atoms with Gasteiger partial charge in [-0.2, -0.15) is 4.72 Å². The molecule has 8 nitrogen and oxygen atoms in total.